The van der Waals surface area contributed by atoms with Crippen molar-refractivity contribution in [3.63, 3.8) is 0 Å². The van der Waals surface area contributed by atoms with Gasteiger partial charge in [-0.3, -0.25) is 0 Å². The van der Waals surface area contributed by atoms with Gasteiger partial charge in [0.1, 0.15) is 11.5 Å². The molecule has 0 aliphatic carbocycles. The van der Waals surface area contributed by atoms with Gasteiger partial charge in [0.05, 0.1) is 11.4 Å². The highest BCUT2D eigenvalue weighted by atomic mass is 16.3. The smallest absolute Gasteiger partial charge is 0.122 e. The van der Waals surface area contributed by atoms with E-state index in [-0.39, 0.29) is 11.5 Å². The predicted octanol–water partition coefficient (Wildman–Crippen LogP) is 3.08. The summed E-state index contributed by atoms with van der Waals surface area (Å²) in [6.45, 7) is 0. The van der Waals surface area contributed by atoms with Gasteiger partial charge in [-0.1, -0.05) is 36.4 Å². The maximum absolute atomic E-state index is 9.68. The van der Waals surface area contributed by atoms with E-state index in [1.165, 1.54) is 0 Å². The zero-order valence-corrected chi connectivity index (χ0v) is 10.2. The Morgan fingerprint density at radius 3 is 1.53 bits per heavy atom. The first-order valence-electron chi connectivity index (χ1n) is 6.01. The molecule has 3 nitrogen and oxygen atoms in total. The van der Waals surface area contributed by atoms with Crippen molar-refractivity contribution in [3.8, 4) is 11.5 Å². The lowest BCUT2D eigenvalue weighted by atomic mass is 10.1. The van der Waals surface area contributed by atoms with Crippen LogP contribution in [-0.2, 0) is 0 Å². The van der Waals surface area contributed by atoms with Crippen molar-refractivity contribution < 1.29 is 10.2 Å². The predicted molar refractivity (Wildman–Crippen MR) is 75.3 cm³/mol. The molecular formula is C16H13NO2. The van der Waals surface area contributed by atoms with Crippen molar-refractivity contribution in [3.05, 3.63) is 71.1 Å². The second kappa shape index (κ2) is 4.53. The van der Waals surface area contributed by atoms with Crippen molar-refractivity contribution in [2.45, 2.75) is 0 Å². The average Bonchev–Trinajstić information content (AvgIpc) is 3.13. The third-order valence-electron chi connectivity index (χ3n) is 2.97. The Hall–Kier alpha value is -2.68. The van der Waals surface area contributed by atoms with E-state index in [4.69, 9.17) is 0 Å². The summed E-state index contributed by atoms with van der Waals surface area (Å²) >= 11 is 0. The van der Waals surface area contributed by atoms with Gasteiger partial charge in [0, 0.05) is 11.1 Å². The zero-order valence-electron chi connectivity index (χ0n) is 10.2. The van der Waals surface area contributed by atoms with E-state index in [9.17, 15) is 10.2 Å². The van der Waals surface area contributed by atoms with E-state index in [2.05, 4.69) is 5.32 Å². The van der Waals surface area contributed by atoms with Crippen molar-refractivity contribution in [1.29, 1.82) is 0 Å². The summed E-state index contributed by atoms with van der Waals surface area (Å²) in [5.74, 6) is 0.510. The van der Waals surface area contributed by atoms with E-state index in [1.807, 2.05) is 36.4 Å². The molecule has 1 aliphatic heterocycles. The van der Waals surface area contributed by atoms with Crippen LogP contribution in [0.1, 0.15) is 11.1 Å². The van der Waals surface area contributed by atoms with Crippen molar-refractivity contribution >= 4 is 12.2 Å². The molecule has 1 fully saturated rings. The number of phenols is 2. The second-order valence-corrected chi connectivity index (χ2v) is 4.36. The van der Waals surface area contributed by atoms with Crippen LogP contribution in [0.5, 0.6) is 11.5 Å². The normalized spacial score (nSPS) is 17.5. The van der Waals surface area contributed by atoms with E-state index in [0.29, 0.717) is 0 Å². The lowest BCUT2D eigenvalue weighted by molar-refractivity contribution is 0.473. The minimum Gasteiger partial charge on any atom is -0.507 e. The number of hydrogen-bond acceptors (Lipinski definition) is 3. The molecule has 0 atom stereocenters. The van der Waals surface area contributed by atoms with Gasteiger partial charge >= 0.3 is 0 Å². The number of aromatic hydroxyl groups is 2. The molecule has 0 radical (unpaired) electrons. The van der Waals surface area contributed by atoms with Gasteiger partial charge in [0.25, 0.3) is 0 Å². The molecule has 3 rings (SSSR count). The standard InChI is InChI=1S/C16H13NO2/c18-15-7-3-1-5-11(15)9-13-14(17-13)10-12-6-2-4-8-16(12)19/h1-10,17-19H. The number of rotatable bonds is 2. The molecule has 0 unspecified atom stereocenters. The van der Waals surface area contributed by atoms with Crippen LogP contribution in [0.4, 0.5) is 0 Å². The molecule has 0 amide bonds. The summed E-state index contributed by atoms with van der Waals surface area (Å²) < 4.78 is 0. The van der Waals surface area contributed by atoms with Crippen molar-refractivity contribution in [2.24, 2.45) is 0 Å². The molecule has 3 N–H and O–H groups in total. The fourth-order valence-corrected chi connectivity index (χ4v) is 1.87. The van der Waals surface area contributed by atoms with Crippen LogP contribution in [0, 0.1) is 0 Å². The molecular weight excluding hydrogens is 238 g/mol. The molecule has 0 bridgehead atoms. The molecule has 2 aromatic carbocycles. The van der Waals surface area contributed by atoms with Gasteiger partial charge in [0.15, 0.2) is 0 Å². The van der Waals surface area contributed by atoms with Crippen LogP contribution in [0.25, 0.3) is 12.2 Å². The Labute approximate surface area is 111 Å². The SMILES string of the molecule is Oc1ccccc1C=C1NC1=Cc1ccccc1O. The molecule has 1 heterocycles. The highest BCUT2D eigenvalue weighted by Crippen LogP contribution is 2.30. The molecule has 1 aliphatic rings. The summed E-state index contributed by atoms with van der Waals surface area (Å²) in [4.78, 5) is 0. The Kier molecular flexibility index (Phi) is 2.72. The summed E-state index contributed by atoms with van der Waals surface area (Å²) in [5.41, 5.74) is 3.44. The zero-order chi connectivity index (χ0) is 13.2. The molecule has 3 heteroatoms. The van der Waals surface area contributed by atoms with Crippen LogP contribution in [0.3, 0.4) is 0 Å². The maximum atomic E-state index is 9.68. The average molecular weight is 251 g/mol. The van der Waals surface area contributed by atoms with Crippen molar-refractivity contribution in [1.82, 2.24) is 5.32 Å². The lowest BCUT2D eigenvalue weighted by Crippen LogP contribution is -1.73. The van der Waals surface area contributed by atoms with E-state index in [0.717, 1.165) is 22.5 Å². The number of hydrogen-bond donors (Lipinski definition) is 3. The monoisotopic (exact) mass is 251 g/mol. The summed E-state index contributed by atoms with van der Waals surface area (Å²) in [5, 5.41) is 22.5. The summed E-state index contributed by atoms with van der Waals surface area (Å²) in [7, 11) is 0. The molecule has 94 valence electrons. The number of para-hydroxylation sites is 2. The third-order valence-corrected chi connectivity index (χ3v) is 2.97. The molecule has 2 aromatic rings. The largest absolute Gasteiger partial charge is 0.507 e. The molecule has 19 heavy (non-hydrogen) atoms. The Bertz CT molecular complexity index is 627. The molecule has 1 saturated heterocycles. The Balaban J connectivity index is 1.86. The van der Waals surface area contributed by atoms with E-state index >= 15 is 0 Å². The van der Waals surface area contributed by atoms with Crippen LogP contribution in [-0.4, -0.2) is 10.2 Å². The minimum absolute atomic E-state index is 0.255. The first-order chi connectivity index (χ1) is 9.24. The van der Waals surface area contributed by atoms with Crippen LogP contribution < -0.4 is 5.32 Å². The van der Waals surface area contributed by atoms with Gasteiger partial charge in [-0.05, 0) is 24.3 Å². The fourth-order valence-electron chi connectivity index (χ4n) is 1.87. The maximum Gasteiger partial charge on any atom is 0.122 e. The summed E-state index contributed by atoms with van der Waals surface area (Å²) in [6.07, 6.45) is 3.75. The van der Waals surface area contributed by atoms with Crippen LogP contribution in [0.15, 0.2) is 59.9 Å². The number of nitrogens with one attached hydrogen (secondary N) is 1. The van der Waals surface area contributed by atoms with Gasteiger partial charge in [0.2, 0.25) is 0 Å². The quantitative estimate of drug-likeness (QED) is 0.719. The lowest BCUT2D eigenvalue weighted by Gasteiger charge is -1.95. The Morgan fingerprint density at radius 2 is 1.11 bits per heavy atom. The minimum atomic E-state index is 0.255. The second-order valence-electron chi connectivity index (χ2n) is 4.36. The van der Waals surface area contributed by atoms with Gasteiger partial charge in [-0.15, -0.1) is 0 Å². The third kappa shape index (κ3) is 2.45. The Morgan fingerprint density at radius 1 is 0.684 bits per heavy atom. The number of benzene rings is 2. The number of phenolic OH excluding ortho intramolecular Hbond substituents is 2. The van der Waals surface area contributed by atoms with E-state index in [1.54, 1.807) is 24.3 Å². The topological polar surface area (TPSA) is 62.4 Å². The van der Waals surface area contributed by atoms with Gasteiger partial charge < -0.3 is 15.5 Å². The van der Waals surface area contributed by atoms with Crippen molar-refractivity contribution in [2.75, 3.05) is 0 Å². The molecule has 0 spiro atoms. The molecule has 0 saturated carbocycles. The highest BCUT2D eigenvalue weighted by molar-refractivity contribution is 5.76. The van der Waals surface area contributed by atoms with Gasteiger partial charge in [-0.25, -0.2) is 0 Å². The highest BCUT2D eigenvalue weighted by Gasteiger charge is 2.20. The fraction of sp³-hybridized carbons (Fsp3) is 0. The molecule has 0 aromatic heterocycles. The summed E-state index contributed by atoms with van der Waals surface area (Å²) in [6, 6.07) is 14.3. The van der Waals surface area contributed by atoms with E-state index < -0.39 is 0 Å². The van der Waals surface area contributed by atoms with Crippen LogP contribution in [0.2, 0.25) is 0 Å². The first kappa shape index (κ1) is 11.4. The first-order valence-corrected chi connectivity index (χ1v) is 6.01. The van der Waals surface area contributed by atoms with Crippen LogP contribution >= 0.6 is 0 Å². The van der Waals surface area contributed by atoms with Gasteiger partial charge in [-0.2, -0.15) is 0 Å².